The van der Waals surface area contributed by atoms with Gasteiger partial charge in [0.2, 0.25) is 11.8 Å². The van der Waals surface area contributed by atoms with Crippen LogP contribution in [-0.2, 0) is 39.3 Å². The Balaban J connectivity index is 0.000000727. The van der Waals surface area contributed by atoms with Crippen molar-refractivity contribution in [1.29, 1.82) is 0 Å². The van der Waals surface area contributed by atoms with Gasteiger partial charge in [-0.15, -0.1) is 0 Å². The number of fused-ring (bicyclic) bond motifs is 1. The van der Waals surface area contributed by atoms with E-state index in [1.54, 1.807) is 4.90 Å². The number of carbonyl (C=O) groups excluding carboxylic acids is 2. The van der Waals surface area contributed by atoms with Crippen molar-refractivity contribution in [2.45, 2.75) is 77.2 Å². The second kappa shape index (κ2) is 16.5. The van der Waals surface area contributed by atoms with E-state index >= 15 is 0 Å². The molecule has 0 fully saturated rings. The van der Waals surface area contributed by atoms with Gasteiger partial charge in [0.25, 0.3) is 0 Å². The Morgan fingerprint density at radius 2 is 1.54 bits per heavy atom. The summed E-state index contributed by atoms with van der Waals surface area (Å²) in [6.07, 6.45) is -3.06. The van der Waals surface area contributed by atoms with Crippen molar-refractivity contribution in [2.24, 2.45) is 5.73 Å². The number of amides is 2. The highest BCUT2D eigenvalue weighted by Crippen LogP contribution is 2.35. The van der Waals surface area contributed by atoms with Crippen LogP contribution in [0, 0.1) is 0 Å². The summed E-state index contributed by atoms with van der Waals surface area (Å²) in [4.78, 5) is 37.5. The summed E-state index contributed by atoms with van der Waals surface area (Å²) in [5, 5.41) is 10.3. The molecule has 0 bridgehead atoms. The summed E-state index contributed by atoms with van der Waals surface area (Å²) in [7, 11) is 0. The molecular weight excluding hydrogens is 647 g/mol. The monoisotopic (exact) mass is 689 g/mol. The predicted molar refractivity (Wildman–Crippen MR) is 186 cm³/mol. The SMILES string of the molecule is CC(C)(C)c1ccc(CN(C(=O)CCC(=O)NC2CCc3ccccc32)c2ccccc2Oc2cccc(CN)c2)cc1.O=C(O)C(F)(F)F. The highest BCUT2D eigenvalue weighted by atomic mass is 19.4. The van der Waals surface area contributed by atoms with Gasteiger partial charge in [-0.2, -0.15) is 13.2 Å². The number of halogens is 3. The number of carboxylic acid groups (broad SMARTS) is 1. The van der Waals surface area contributed by atoms with Gasteiger partial charge in [-0.25, -0.2) is 4.79 Å². The third-order valence-corrected chi connectivity index (χ3v) is 8.26. The lowest BCUT2D eigenvalue weighted by molar-refractivity contribution is -0.192. The second-order valence-corrected chi connectivity index (χ2v) is 13.0. The van der Waals surface area contributed by atoms with Gasteiger partial charge in [-0.1, -0.05) is 93.6 Å². The topological polar surface area (TPSA) is 122 Å². The molecular formula is C39H42F3N3O5. The molecule has 0 saturated heterocycles. The number of benzene rings is 4. The third kappa shape index (κ3) is 10.4. The molecule has 4 N–H and O–H groups in total. The third-order valence-electron chi connectivity index (χ3n) is 8.26. The van der Waals surface area contributed by atoms with Crippen molar-refractivity contribution < 1.29 is 37.4 Å². The van der Waals surface area contributed by atoms with Crippen molar-refractivity contribution in [1.82, 2.24) is 5.32 Å². The van der Waals surface area contributed by atoms with Gasteiger partial charge >= 0.3 is 12.1 Å². The predicted octanol–water partition coefficient (Wildman–Crippen LogP) is 7.99. The zero-order chi connectivity index (χ0) is 36.5. The number of nitrogens with zero attached hydrogens (tertiary/aromatic N) is 1. The van der Waals surface area contributed by atoms with Gasteiger partial charge in [0.1, 0.15) is 5.75 Å². The molecule has 0 aromatic heterocycles. The van der Waals surface area contributed by atoms with E-state index in [9.17, 15) is 22.8 Å². The highest BCUT2D eigenvalue weighted by molar-refractivity contribution is 5.96. The summed E-state index contributed by atoms with van der Waals surface area (Å²) >= 11 is 0. The quantitative estimate of drug-likeness (QED) is 0.155. The van der Waals surface area contributed by atoms with Gasteiger partial charge < -0.3 is 25.8 Å². The number of para-hydroxylation sites is 2. The number of alkyl halides is 3. The molecule has 8 nitrogen and oxygen atoms in total. The van der Waals surface area contributed by atoms with Crippen LogP contribution in [0.4, 0.5) is 18.9 Å². The maximum atomic E-state index is 13.9. The first-order valence-electron chi connectivity index (χ1n) is 16.3. The number of nitrogens with one attached hydrogen (secondary N) is 1. The first-order valence-corrected chi connectivity index (χ1v) is 16.3. The fraction of sp³-hybridized carbons (Fsp3) is 0.308. The first-order chi connectivity index (χ1) is 23.7. The maximum Gasteiger partial charge on any atom is 0.490 e. The van der Waals surface area contributed by atoms with Crippen molar-refractivity contribution in [3.63, 3.8) is 0 Å². The molecule has 1 aliphatic rings. The van der Waals surface area contributed by atoms with E-state index < -0.39 is 12.1 Å². The van der Waals surface area contributed by atoms with Gasteiger partial charge in [0.15, 0.2) is 5.75 Å². The van der Waals surface area contributed by atoms with E-state index in [0.29, 0.717) is 30.3 Å². The molecule has 4 aromatic rings. The number of hydrogen-bond donors (Lipinski definition) is 3. The molecule has 0 heterocycles. The fourth-order valence-corrected chi connectivity index (χ4v) is 5.56. The minimum absolute atomic E-state index is 0.00496. The van der Waals surface area contributed by atoms with Crippen molar-refractivity contribution >= 4 is 23.5 Å². The van der Waals surface area contributed by atoms with Crippen LogP contribution in [0.3, 0.4) is 0 Å². The van der Waals surface area contributed by atoms with E-state index in [2.05, 4.69) is 62.5 Å². The lowest BCUT2D eigenvalue weighted by Crippen LogP contribution is -2.33. The Hall–Kier alpha value is -5.16. The zero-order valence-electron chi connectivity index (χ0n) is 28.3. The molecule has 0 radical (unpaired) electrons. The smallest absolute Gasteiger partial charge is 0.475 e. The van der Waals surface area contributed by atoms with Crippen molar-refractivity contribution in [3.8, 4) is 11.5 Å². The average molecular weight is 690 g/mol. The number of aryl methyl sites for hydroxylation is 1. The van der Waals surface area contributed by atoms with Crippen LogP contribution in [0.25, 0.3) is 0 Å². The normalized spacial score (nSPS) is 13.8. The number of ether oxygens (including phenoxy) is 1. The fourth-order valence-electron chi connectivity index (χ4n) is 5.56. The molecule has 0 saturated carbocycles. The minimum Gasteiger partial charge on any atom is -0.475 e. The van der Waals surface area contributed by atoms with Crippen LogP contribution in [0.2, 0.25) is 0 Å². The number of aliphatic carboxylic acids is 1. The Morgan fingerprint density at radius 1 is 0.880 bits per heavy atom. The lowest BCUT2D eigenvalue weighted by Gasteiger charge is -2.26. The van der Waals surface area contributed by atoms with E-state index in [4.69, 9.17) is 20.4 Å². The molecule has 1 unspecified atom stereocenters. The van der Waals surface area contributed by atoms with Gasteiger partial charge in [0, 0.05) is 19.4 Å². The first kappa shape index (κ1) is 37.7. The average Bonchev–Trinajstić information content (AvgIpc) is 3.48. The summed E-state index contributed by atoms with van der Waals surface area (Å²) < 4.78 is 38.0. The summed E-state index contributed by atoms with van der Waals surface area (Å²) in [5.41, 5.74) is 12.1. The number of nitrogens with two attached hydrogens (primary N) is 1. The van der Waals surface area contributed by atoms with E-state index in [-0.39, 0.29) is 36.1 Å². The molecule has 4 aromatic carbocycles. The second-order valence-electron chi connectivity index (χ2n) is 13.0. The largest absolute Gasteiger partial charge is 0.490 e. The molecule has 264 valence electrons. The van der Waals surface area contributed by atoms with Crippen LogP contribution in [-0.4, -0.2) is 29.1 Å². The van der Waals surface area contributed by atoms with Crippen LogP contribution >= 0.6 is 0 Å². The number of carbonyl (C=O) groups is 3. The molecule has 0 spiro atoms. The number of rotatable bonds is 10. The summed E-state index contributed by atoms with van der Waals surface area (Å²) in [5.74, 6) is -1.81. The standard InChI is InChI=1S/C37H41N3O3.C2HF3O2/c1-37(2,3)29-18-15-26(16-19-29)25-40(33-13-6-7-14-34(33)43-30-11-8-9-27(23-30)24-38)36(42)22-21-35(41)39-32-20-17-28-10-4-5-12-31(28)32;3-2(4,5)1(6)7/h4-16,18-19,23,32H,17,20-22,24-25,38H2,1-3H3,(H,39,41);(H,6,7). The molecule has 50 heavy (non-hydrogen) atoms. The molecule has 11 heteroatoms. The van der Waals surface area contributed by atoms with Crippen molar-refractivity contribution in [3.05, 3.63) is 125 Å². The van der Waals surface area contributed by atoms with Crippen LogP contribution in [0.15, 0.2) is 97.1 Å². The van der Waals surface area contributed by atoms with Crippen LogP contribution in [0.1, 0.15) is 73.9 Å². The summed E-state index contributed by atoms with van der Waals surface area (Å²) in [6, 6.07) is 31.7. The number of hydrogen-bond acceptors (Lipinski definition) is 5. The molecule has 0 aliphatic heterocycles. The Kier molecular flexibility index (Phi) is 12.4. The minimum atomic E-state index is -5.08. The Morgan fingerprint density at radius 3 is 2.20 bits per heavy atom. The Bertz CT molecular complexity index is 1780. The lowest BCUT2D eigenvalue weighted by atomic mass is 9.87. The van der Waals surface area contributed by atoms with Gasteiger partial charge in [0.05, 0.1) is 18.3 Å². The zero-order valence-corrected chi connectivity index (χ0v) is 28.3. The van der Waals surface area contributed by atoms with Crippen molar-refractivity contribution in [2.75, 3.05) is 4.90 Å². The van der Waals surface area contributed by atoms with E-state index in [0.717, 1.165) is 24.0 Å². The number of carboxylic acids is 1. The molecule has 2 amide bonds. The molecule has 1 atom stereocenters. The van der Waals surface area contributed by atoms with Gasteiger partial charge in [-0.05, 0) is 70.3 Å². The number of anilines is 1. The Labute approximate surface area is 290 Å². The van der Waals surface area contributed by atoms with Gasteiger partial charge in [-0.3, -0.25) is 9.59 Å². The highest BCUT2D eigenvalue weighted by Gasteiger charge is 2.38. The molecule has 5 rings (SSSR count). The van der Waals surface area contributed by atoms with Crippen LogP contribution in [0.5, 0.6) is 11.5 Å². The van der Waals surface area contributed by atoms with Crippen LogP contribution < -0.4 is 20.7 Å². The van der Waals surface area contributed by atoms with E-state index in [1.807, 2.05) is 60.7 Å². The van der Waals surface area contributed by atoms with E-state index in [1.165, 1.54) is 16.7 Å². The molecule has 1 aliphatic carbocycles. The summed E-state index contributed by atoms with van der Waals surface area (Å²) in [6.45, 7) is 7.30. The maximum absolute atomic E-state index is 13.9.